The first-order valence-corrected chi connectivity index (χ1v) is 9.44. The van der Waals surface area contributed by atoms with Crippen LogP contribution in [0.25, 0.3) is 6.08 Å². The van der Waals surface area contributed by atoms with Gasteiger partial charge in [-0.05, 0) is 42.0 Å². The third-order valence-corrected chi connectivity index (χ3v) is 5.43. The minimum absolute atomic E-state index is 0.0254. The number of aromatic nitrogens is 1. The Labute approximate surface area is 148 Å². The van der Waals surface area contributed by atoms with E-state index in [2.05, 4.69) is 4.98 Å². The molecular formula is C15H11N3O3S3. The summed E-state index contributed by atoms with van der Waals surface area (Å²) in [5.74, 6) is -0.266. The summed E-state index contributed by atoms with van der Waals surface area (Å²) in [5.41, 5.74) is 1.28. The van der Waals surface area contributed by atoms with Crippen molar-refractivity contribution in [3.8, 4) is 0 Å². The van der Waals surface area contributed by atoms with Crippen molar-refractivity contribution in [3.05, 3.63) is 59.3 Å². The lowest BCUT2D eigenvalue weighted by atomic mass is 10.2. The molecule has 1 fully saturated rings. The highest BCUT2D eigenvalue weighted by molar-refractivity contribution is 8.27. The molecule has 2 aromatic rings. The molecule has 1 aromatic heterocycles. The fraction of sp³-hybridized carbons (Fsp3) is 0. The highest BCUT2D eigenvalue weighted by Crippen LogP contribution is 2.36. The lowest BCUT2D eigenvalue weighted by molar-refractivity contribution is -0.113. The predicted octanol–water partition coefficient (Wildman–Crippen LogP) is 2.13. The summed E-state index contributed by atoms with van der Waals surface area (Å²) in [6, 6.07) is 9.29. The maximum atomic E-state index is 12.6. The van der Waals surface area contributed by atoms with Crippen LogP contribution in [0.5, 0.6) is 0 Å². The molecule has 1 aliphatic heterocycles. The van der Waals surface area contributed by atoms with Gasteiger partial charge < -0.3 is 0 Å². The zero-order valence-corrected chi connectivity index (χ0v) is 14.6. The van der Waals surface area contributed by atoms with Crippen molar-refractivity contribution in [1.29, 1.82) is 0 Å². The topological polar surface area (TPSA) is 93.4 Å². The molecule has 0 saturated carbocycles. The Balaban J connectivity index is 1.91. The second kappa shape index (κ2) is 6.44. The number of anilines is 1. The molecular weight excluding hydrogens is 366 g/mol. The van der Waals surface area contributed by atoms with Gasteiger partial charge in [-0.2, -0.15) is 0 Å². The van der Waals surface area contributed by atoms with Crippen LogP contribution >= 0.6 is 24.0 Å². The molecule has 9 heteroatoms. The molecule has 24 heavy (non-hydrogen) atoms. The summed E-state index contributed by atoms with van der Waals surface area (Å²) in [5, 5.41) is 5.07. The van der Waals surface area contributed by atoms with Crippen molar-refractivity contribution in [2.24, 2.45) is 5.14 Å². The number of thiocarbonyl (C=S) groups is 1. The second-order valence-electron chi connectivity index (χ2n) is 4.84. The first-order chi connectivity index (χ1) is 11.4. The first-order valence-electron chi connectivity index (χ1n) is 6.67. The number of nitrogens with zero attached hydrogens (tertiary/aromatic N) is 2. The second-order valence-corrected chi connectivity index (χ2v) is 8.08. The summed E-state index contributed by atoms with van der Waals surface area (Å²) >= 11 is 6.45. The van der Waals surface area contributed by atoms with E-state index in [1.165, 1.54) is 40.9 Å². The van der Waals surface area contributed by atoms with Gasteiger partial charge in [0.2, 0.25) is 10.0 Å². The monoisotopic (exact) mass is 377 g/mol. The van der Waals surface area contributed by atoms with Crippen molar-refractivity contribution in [2.45, 2.75) is 4.90 Å². The van der Waals surface area contributed by atoms with Gasteiger partial charge in [0.15, 0.2) is 4.32 Å². The average Bonchev–Trinajstić information content (AvgIpc) is 2.82. The minimum atomic E-state index is -3.78. The van der Waals surface area contributed by atoms with Crippen LogP contribution in [0, 0.1) is 0 Å². The van der Waals surface area contributed by atoms with Crippen LogP contribution < -0.4 is 10.0 Å². The van der Waals surface area contributed by atoms with Crippen LogP contribution in [0.4, 0.5) is 5.69 Å². The zero-order chi connectivity index (χ0) is 17.3. The molecule has 1 saturated heterocycles. The third-order valence-electron chi connectivity index (χ3n) is 3.20. The van der Waals surface area contributed by atoms with Gasteiger partial charge in [0.25, 0.3) is 5.91 Å². The molecule has 0 radical (unpaired) electrons. The van der Waals surface area contributed by atoms with Crippen molar-refractivity contribution >= 4 is 56.0 Å². The van der Waals surface area contributed by atoms with Gasteiger partial charge in [-0.25, -0.2) is 13.6 Å². The molecule has 1 aromatic carbocycles. The van der Waals surface area contributed by atoms with Crippen LogP contribution in [-0.2, 0) is 14.8 Å². The molecule has 122 valence electrons. The van der Waals surface area contributed by atoms with E-state index in [9.17, 15) is 13.2 Å². The summed E-state index contributed by atoms with van der Waals surface area (Å²) < 4.78 is 23.0. The molecule has 1 amide bonds. The number of primary sulfonamides is 1. The van der Waals surface area contributed by atoms with Gasteiger partial charge in [0.1, 0.15) is 0 Å². The van der Waals surface area contributed by atoms with Gasteiger partial charge in [-0.3, -0.25) is 14.7 Å². The lowest BCUT2D eigenvalue weighted by Gasteiger charge is -2.14. The fourth-order valence-corrected chi connectivity index (χ4v) is 3.90. The molecule has 3 rings (SSSR count). The van der Waals surface area contributed by atoms with Crippen molar-refractivity contribution in [3.63, 3.8) is 0 Å². The number of rotatable bonds is 3. The number of nitrogens with two attached hydrogens (primary N) is 1. The third kappa shape index (κ3) is 3.39. The number of amides is 1. The number of thioether (sulfide) groups is 1. The smallest absolute Gasteiger partial charge is 0.268 e. The van der Waals surface area contributed by atoms with Gasteiger partial charge in [-0.1, -0.05) is 30.0 Å². The maximum Gasteiger partial charge on any atom is 0.270 e. The molecule has 0 unspecified atom stereocenters. The lowest BCUT2D eigenvalue weighted by Crippen LogP contribution is -2.27. The van der Waals surface area contributed by atoms with E-state index in [4.69, 9.17) is 17.4 Å². The number of carbonyl (C=O) groups is 1. The highest BCUT2D eigenvalue weighted by atomic mass is 32.2. The van der Waals surface area contributed by atoms with Gasteiger partial charge in [-0.15, -0.1) is 0 Å². The molecule has 0 atom stereocenters. The number of pyridine rings is 1. The molecule has 2 heterocycles. The molecule has 2 N–H and O–H groups in total. The number of hydrogen-bond donors (Lipinski definition) is 1. The van der Waals surface area contributed by atoms with Gasteiger partial charge in [0.05, 0.1) is 15.5 Å². The van der Waals surface area contributed by atoms with E-state index in [0.717, 1.165) is 5.56 Å². The quantitative estimate of drug-likeness (QED) is 0.651. The van der Waals surface area contributed by atoms with E-state index in [0.29, 0.717) is 14.9 Å². The standard InChI is InChI=1S/C15H11N3O3S3/c16-24(20,21)12-5-3-11(4-6-12)18-14(19)13(23-15(18)22)8-10-2-1-7-17-9-10/h1-9H,(H2,16,20,21). The van der Waals surface area contributed by atoms with Crippen molar-refractivity contribution < 1.29 is 13.2 Å². The minimum Gasteiger partial charge on any atom is -0.268 e. The zero-order valence-electron chi connectivity index (χ0n) is 12.1. The van der Waals surface area contributed by atoms with E-state index in [1.54, 1.807) is 24.5 Å². The maximum absolute atomic E-state index is 12.6. The van der Waals surface area contributed by atoms with Gasteiger partial charge >= 0.3 is 0 Å². The van der Waals surface area contributed by atoms with Crippen LogP contribution in [0.2, 0.25) is 0 Å². The van der Waals surface area contributed by atoms with Gasteiger partial charge in [0, 0.05) is 12.4 Å². The number of benzene rings is 1. The van der Waals surface area contributed by atoms with Crippen molar-refractivity contribution in [1.82, 2.24) is 4.98 Å². The number of sulfonamides is 1. The van der Waals surface area contributed by atoms with Crippen molar-refractivity contribution in [2.75, 3.05) is 4.90 Å². The summed E-state index contributed by atoms with van der Waals surface area (Å²) in [4.78, 5) is 18.4. The average molecular weight is 377 g/mol. The normalized spacial score (nSPS) is 16.9. The Hall–Kier alpha value is -2.07. The van der Waals surface area contributed by atoms with Crippen LogP contribution in [0.15, 0.2) is 58.6 Å². The Bertz CT molecular complexity index is 939. The van der Waals surface area contributed by atoms with E-state index < -0.39 is 10.0 Å². The predicted molar refractivity (Wildman–Crippen MR) is 97.7 cm³/mol. The van der Waals surface area contributed by atoms with Crippen LogP contribution in [-0.4, -0.2) is 23.6 Å². The van der Waals surface area contributed by atoms with E-state index in [-0.39, 0.29) is 10.8 Å². The molecule has 6 nitrogen and oxygen atoms in total. The largest absolute Gasteiger partial charge is 0.270 e. The Kier molecular flexibility index (Phi) is 4.50. The first kappa shape index (κ1) is 16.8. The SMILES string of the molecule is NS(=O)(=O)c1ccc(N2C(=O)C(=Cc3cccnc3)SC2=S)cc1. The number of hydrogen-bond acceptors (Lipinski definition) is 6. The molecule has 0 bridgehead atoms. The molecule has 1 aliphatic rings. The van der Waals surface area contributed by atoms with Crippen LogP contribution in [0.3, 0.4) is 0 Å². The molecule has 0 spiro atoms. The highest BCUT2D eigenvalue weighted by Gasteiger charge is 2.33. The Morgan fingerprint density at radius 2 is 1.92 bits per heavy atom. The number of carbonyl (C=O) groups excluding carboxylic acids is 1. The summed E-state index contributed by atoms with van der Waals surface area (Å²) in [6.07, 6.45) is 5.01. The summed E-state index contributed by atoms with van der Waals surface area (Å²) in [6.45, 7) is 0. The molecule has 0 aliphatic carbocycles. The van der Waals surface area contributed by atoms with Crippen LogP contribution in [0.1, 0.15) is 5.56 Å². The fourth-order valence-electron chi connectivity index (χ4n) is 2.09. The summed E-state index contributed by atoms with van der Waals surface area (Å²) in [7, 11) is -3.78. The van der Waals surface area contributed by atoms with E-state index >= 15 is 0 Å². The Morgan fingerprint density at radius 1 is 1.21 bits per heavy atom. The van der Waals surface area contributed by atoms with E-state index in [1.807, 2.05) is 6.07 Å². The Morgan fingerprint density at radius 3 is 2.50 bits per heavy atom.